The first-order valence-corrected chi connectivity index (χ1v) is 8.24. The van der Waals surface area contributed by atoms with Gasteiger partial charge in [0, 0.05) is 22.1 Å². The molecule has 0 fully saturated rings. The lowest BCUT2D eigenvalue weighted by Gasteiger charge is -2.11. The molecule has 0 bridgehead atoms. The number of hydrogen-bond acceptors (Lipinski definition) is 4. The van der Waals surface area contributed by atoms with E-state index in [0.29, 0.717) is 22.4 Å². The number of carbonyl (C=O) groups excluding carboxylic acids is 1. The molecule has 1 heterocycles. The Hall–Kier alpha value is -2.99. The predicted molar refractivity (Wildman–Crippen MR) is 101 cm³/mol. The fourth-order valence-corrected chi connectivity index (χ4v) is 2.62. The van der Waals surface area contributed by atoms with Crippen LogP contribution in [0.2, 0.25) is 5.02 Å². The highest BCUT2D eigenvalue weighted by atomic mass is 35.5. The lowest BCUT2D eigenvalue weighted by Crippen LogP contribution is -2.15. The summed E-state index contributed by atoms with van der Waals surface area (Å²) in [6.07, 6.45) is 0. The summed E-state index contributed by atoms with van der Waals surface area (Å²) in [5.41, 5.74) is 2.87. The van der Waals surface area contributed by atoms with Gasteiger partial charge in [0.1, 0.15) is 11.5 Å². The smallest absolute Gasteiger partial charge is 0.274 e. The zero-order valence-corrected chi connectivity index (χ0v) is 14.9. The van der Waals surface area contributed by atoms with Crippen molar-refractivity contribution in [1.82, 2.24) is 9.97 Å². The molecule has 1 aromatic heterocycles. The second kappa shape index (κ2) is 7.49. The predicted octanol–water partition coefficient (Wildman–Crippen LogP) is 4.88. The monoisotopic (exact) mass is 370 g/mol. The first-order valence-electron chi connectivity index (χ1n) is 7.86. The van der Waals surface area contributed by atoms with Crippen LogP contribution < -0.4 is 10.6 Å². The molecule has 1 amide bonds. The van der Waals surface area contributed by atoms with Crippen molar-refractivity contribution in [1.29, 1.82) is 0 Å². The minimum Gasteiger partial charge on any atom is -0.324 e. The van der Waals surface area contributed by atoms with E-state index in [4.69, 9.17) is 11.6 Å². The zero-order valence-electron chi connectivity index (χ0n) is 14.2. The van der Waals surface area contributed by atoms with Crippen LogP contribution in [0.3, 0.4) is 0 Å². The minimum absolute atomic E-state index is 0.177. The van der Waals surface area contributed by atoms with E-state index in [2.05, 4.69) is 20.6 Å². The Morgan fingerprint density at radius 3 is 2.62 bits per heavy atom. The van der Waals surface area contributed by atoms with Gasteiger partial charge in [0.25, 0.3) is 5.91 Å². The average Bonchev–Trinajstić information content (AvgIpc) is 2.57. The van der Waals surface area contributed by atoms with Crippen LogP contribution in [0.15, 0.2) is 48.5 Å². The summed E-state index contributed by atoms with van der Waals surface area (Å²) < 4.78 is 13.3. The molecule has 2 N–H and O–H groups in total. The van der Waals surface area contributed by atoms with Crippen LogP contribution in [0, 0.1) is 19.7 Å². The maximum absolute atomic E-state index is 13.3. The molecule has 0 saturated heterocycles. The maximum Gasteiger partial charge on any atom is 0.274 e. The average molecular weight is 371 g/mol. The van der Waals surface area contributed by atoms with E-state index < -0.39 is 11.7 Å². The second-order valence-electron chi connectivity index (χ2n) is 5.77. The van der Waals surface area contributed by atoms with Crippen molar-refractivity contribution in [2.75, 3.05) is 10.6 Å². The Morgan fingerprint density at radius 2 is 1.88 bits per heavy atom. The lowest BCUT2D eigenvalue weighted by atomic mass is 10.2. The highest BCUT2D eigenvalue weighted by Gasteiger charge is 2.12. The number of anilines is 3. The highest BCUT2D eigenvalue weighted by Crippen LogP contribution is 2.22. The van der Waals surface area contributed by atoms with Gasteiger partial charge in [0.05, 0.1) is 0 Å². The third-order valence-corrected chi connectivity index (χ3v) is 3.84. The Kier molecular flexibility index (Phi) is 5.14. The van der Waals surface area contributed by atoms with Gasteiger partial charge in [-0.2, -0.15) is 0 Å². The number of rotatable bonds is 4. The first kappa shape index (κ1) is 17.8. The largest absolute Gasteiger partial charge is 0.324 e. The van der Waals surface area contributed by atoms with Gasteiger partial charge in [-0.05, 0) is 61.9 Å². The van der Waals surface area contributed by atoms with Crippen molar-refractivity contribution in [2.24, 2.45) is 0 Å². The third kappa shape index (κ3) is 4.34. The van der Waals surface area contributed by atoms with Crippen molar-refractivity contribution < 1.29 is 9.18 Å². The molecule has 7 heteroatoms. The quantitative estimate of drug-likeness (QED) is 0.686. The number of nitrogens with one attached hydrogen (secondary N) is 2. The van der Waals surface area contributed by atoms with Crippen molar-refractivity contribution in [2.45, 2.75) is 13.8 Å². The van der Waals surface area contributed by atoms with Crippen molar-refractivity contribution in [3.63, 3.8) is 0 Å². The van der Waals surface area contributed by atoms with Crippen LogP contribution >= 0.6 is 11.6 Å². The van der Waals surface area contributed by atoms with Crippen LogP contribution in [-0.2, 0) is 0 Å². The standard InChI is InChI=1S/C19H16ClFN4O/c1-11-8-13(20)6-7-16(11)24-19-22-12(2)9-17(25-19)18(26)23-15-5-3-4-14(21)10-15/h3-10H,1-2H3,(H,23,26)(H,22,24,25). The molecule has 3 aromatic rings. The van der Waals surface area contributed by atoms with E-state index in [1.165, 1.54) is 18.2 Å². The molecule has 0 atom stereocenters. The fourth-order valence-electron chi connectivity index (χ4n) is 2.39. The van der Waals surface area contributed by atoms with Crippen LogP contribution in [0.25, 0.3) is 0 Å². The maximum atomic E-state index is 13.3. The summed E-state index contributed by atoms with van der Waals surface area (Å²) in [5, 5.41) is 6.34. The van der Waals surface area contributed by atoms with Crippen LogP contribution in [0.4, 0.5) is 21.7 Å². The van der Waals surface area contributed by atoms with Gasteiger partial charge in [-0.1, -0.05) is 17.7 Å². The Balaban J connectivity index is 1.84. The molecule has 0 aliphatic carbocycles. The number of aromatic nitrogens is 2. The van der Waals surface area contributed by atoms with Gasteiger partial charge < -0.3 is 10.6 Å². The topological polar surface area (TPSA) is 66.9 Å². The van der Waals surface area contributed by atoms with Crippen LogP contribution in [0.5, 0.6) is 0 Å². The summed E-state index contributed by atoms with van der Waals surface area (Å²) in [6, 6.07) is 12.6. The molecule has 132 valence electrons. The van der Waals surface area contributed by atoms with Crippen LogP contribution in [-0.4, -0.2) is 15.9 Å². The zero-order chi connectivity index (χ0) is 18.7. The van der Waals surface area contributed by atoms with Gasteiger partial charge in [0.15, 0.2) is 0 Å². The first-order chi connectivity index (χ1) is 12.4. The summed E-state index contributed by atoms with van der Waals surface area (Å²) in [7, 11) is 0. The summed E-state index contributed by atoms with van der Waals surface area (Å²) in [4.78, 5) is 21.0. The molecule has 3 rings (SSSR count). The normalized spacial score (nSPS) is 10.5. The molecule has 0 aliphatic rings. The van der Waals surface area contributed by atoms with E-state index in [1.54, 1.807) is 25.1 Å². The molecule has 0 radical (unpaired) electrons. The molecular formula is C19H16ClFN4O. The van der Waals surface area contributed by atoms with Gasteiger partial charge in [-0.15, -0.1) is 0 Å². The molecule has 0 unspecified atom stereocenters. The Labute approximate surface area is 155 Å². The SMILES string of the molecule is Cc1cc(C(=O)Nc2cccc(F)c2)nc(Nc2ccc(Cl)cc2C)n1. The molecule has 0 aliphatic heterocycles. The number of hydrogen-bond donors (Lipinski definition) is 2. The van der Waals surface area contributed by atoms with Gasteiger partial charge in [-0.3, -0.25) is 4.79 Å². The van der Waals surface area contributed by atoms with Crippen molar-refractivity contribution in [3.05, 3.63) is 76.3 Å². The number of halogens is 2. The van der Waals surface area contributed by atoms with Crippen molar-refractivity contribution >= 4 is 34.8 Å². The van der Waals surface area contributed by atoms with E-state index in [-0.39, 0.29) is 5.69 Å². The highest BCUT2D eigenvalue weighted by molar-refractivity contribution is 6.30. The second-order valence-corrected chi connectivity index (χ2v) is 6.20. The van der Waals surface area contributed by atoms with Crippen LogP contribution in [0.1, 0.15) is 21.7 Å². The van der Waals surface area contributed by atoms with E-state index in [9.17, 15) is 9.18 Å². The van der Waals surface area contributed by atoms with E-state index in [0.717, 1.165) is 11.3 Å². The molecular weight excluding hydrogens is 355 g/mol. The van der Waals surface area contributed by atoms with E-state index in [1.807, 2.05) is 19.1 Å². The summed E-state index contributed by atoms with van der Waals surface area (Å²) in [6.45, 7) is 3.67. The Morgan fingerprint density at radius 1 is 1.08 bits per heavy atom. The van der Waals surface area contributed by atoms with E-state index >= 15 is 0 Å². The number of carbonyl (C=O) groups is 1. The third-order valence-electron chi connectivity index (χ3n) is 3.60. The molecule has 26 heavy (non-hydrogen) atoms. The van der Waals surface area contributed by atoms with Gasteiger partial charge >= 0.3 is 0 Å². The number of nitrogens with zero attached hydrogens (tertiary/aromatic N) is 2. The summed E-state index contributed by atoms with van der Waals surface area (Å²) >= 11 is 5.96. The fraction of sp³-hybridized carbons (Fsp3) is 0.105. The number of aryl methyl sites for hydroxylation is 2. The molecule has 0 saturated carbocycles. The number of amides is 1. The van der Waals surface area contributed by atoms with Crippen molar-refractivity contribution in [3.8, 4) is 0 Å². The summed E-state index contributed by atoms with van der Waals surface area (Å²) in [5.74, 6) is -0.584. The minimum atomic E-state index is -0.447. The Bertz CT molecular complexity index is 978. The molecule has 5 nitrogen and oxygen atoms in total. The van der Waals surface area contributed by atoms with Gasteiger partial charge in [0.2, 0.25) is 5.95 Å². The molecule has 2 aromatic carbocycles. The van der Waals surface area contributed by atoms with Gasteiger partial charge in [-0.25, -0.2) is 14.4 Å². The molecule has 0 spiro atoms. The number of benzene rings is 2. The lowest BCUT2D eigenvalue weighted by molar-refractivity contribution is 0.102.